The number of nitrogens with two attached hydrogens (primary N) is 1. The smallest absolute Gasteiger partial charge is 0.148 e. The van der Waals surface area contributed by atoms with Gasteiger partial charge in [-0.15, -0.1) is 0 Å². The SMILES string of the molecule is NC1=C(C=O)CC/C1=C\O. The van der Waals surface area contributed by atoms with Gasteiger partial charge in [0.15, 0.2) is 0 Å². The lowest BCUT2D eigenvalue weighted by atomic mass is 10.2. The minimum absolute atomic E-state index is 0.442. The van der Waals surface area contributed by atoms with Gasteiger partial charge in [0.05, 0.1) is 6.26 Å². The van der Waals surface area contributed by atoms with E-state index in [0.717, 1.165) is 12.5 Å². The number of aliphatic hydroxyl groups excluding tert-OH is 1. The number of carbonyl (C=O) groups excluding carboxylic acids is 1. The van der Waals surface area contributed by atoms with Crippen molar-refractivity contribution >= 4 is 6.29 Å². The van der Waals surface area contributed by atoms with Crippen molar-refractivity contribution in [3.63, 3.8) is 0 Å². The van der Waals surface area contributed by atoms with Crippen LogP contribution in [0.25, 0.3) is 0 Å². The highest BCUT2D eigenvalue weighted by Gasteiger charge is 2.15. The molecule has 10 heavy (non-hydrogen) atoms. The van der Waals surface area contributed by atoms with E-state index in [0.29, 0.717) is 29.7 Å². The van der Waals surface area contributed by atoms with Gasteiger partial charge in [-0.3, -0.25) is 4.79 Å². The fourth-order valence-electron chi connectivity index (χ4n) is 1.00. The number of carbonyl (C=O) groups is 1. The zero-order valence-corrected chi connectivity index (χ0v) is 5.50. The molecule has 0 fully saturated rings. The summed E-state index contributed by atoms with van der Waals surface area (Å²) in [6, 6.07) is 0. The molecule has 3 N–H and O–H groups in total. The number of aldehydes is 1. The molecular weight excluding hydrogens is 130 g/mol. The lowest BCUT2D eigenvalue weighted by Crippen LogP contribution is -1.99. The minimum atomic E-state index is 0.442. The molecule has 1 rings (SSSR count). The Bertz CT molecular complexity index is 216. The maximum Gasteiger partial charge on any atom is 0.148 e. The van der Waals surface area contributed by atoms with Gasteiger partial charge in [0.2, 0.25) is 0 Å². The fraction of sp³-hybridized carbons (Fsp3) is 0.286. The number of allylic oxidation sites excluding steroid dienone is 2. The van der Waals surface area contributed by atoms with Gasteiger partial charge in [0.25, 0.3) is 0 Å². The van der Waals surface area contributed by atoms with Gasteiger partial charge >= 0.3 is 0 Å². The quantitative estimate of drug-likeness (QED) is 0.413. The second kappa shape index (κ2) is 2.56. The second-order valence-corrected chi connectivity index (χ2v) is 2.21. The second-order valence-electron chi connectivity index (χ2n) is 2.21. The summed E-state index contributed by atoms with van der Waals surface area (Å²) in [5, 5.41) is 8.56. The molecule has 0 aromatic rings. The van der Waals surface area contributed by atoms with Crippen LogP contribution in [0.5, 0.6) is 0 Å². The maximum atomic E-state index is 10.2. The molecule has 0 spiro atoms. The summed E-state index contributed by atoms with van der Waals surface area (Å²) in [5.41, 5.74) is 7.17. The van der Waals surface area contributed by atoms with Crippen molar-refractivity contribution in [2.75, 3.05) is 0 Å². The molecule has 0 radical (unpaired) electrons. The molecule has 0 aromatic carbocycles. The highest BCUT2D eigenvalue weighted by atomic mass is 16.2. The van der Waals surface area contributed by atoms with E-state index >= 15 is 0 Å². The van der Waals surface area contributed by atoms with Gasteiger partial charge in [-0.05, 0) is 12.8 Å². The van der Waals surface area contributed by atoms with E-state index in [-0.39, 0.29) is 0 Å². The first-order chi connectivity index (χ1) is 4.79. The largest absolute Gasteiger partial charge is 0.515 e. The van der Waals surface area contributed by atoms with Gasteiger partial charge in [-0.25, -0.2) is 0 Å². The van der Waals surface area contributed by atoms with Gasteiger partial charge in [-0.2, -0.15) is 0 Å². The average Bonchev–Trinajstić information content (AvgIpc) is 2.30. The van der Waals surface area contributed by atoms with Crippen LogP contribution in [0.2, 0.25) is 0 Å². The van der Waals surface area contributed by atoms with Crippen molar-refractivity contribution in [3.8, 4) is 0 Å². The molecule has 1 aliphatic carbocycles. The Morgan fingerprint density at radius 1 is 1.50 bits per heavy atom. The Hall–Kier alpha value is -1.25. The lowest BCUT2D eigenvalue weighted by Gasteiger charge is -1.93. The summed E-state index contributed by atoms with van der Waals surface area (Å²) in [6.45, 7) is 0. The van der Waals surface area contributed by atoms with Gasteiger partial charge in [0, 0.05) is 16.8 Å². The molecule has 0 atom stereocenters. The first kappa shape index (κ1) is 6.86. The molecule has 0 aliphatic heterocycles. The molecule has 0 saturated carbocycles. The van der Waals surface area contributed by atoms with E-state index in [1.165, 1.54) is 0 Å². The molecule has 0 amide bonds. The summed E-state index contributed by atoms with van der Waals surface area (Å²) in [6.07, 6.45) is 3.04. The molecule has 3 heteroatoms. The van der Waals surface area contributed by atoms with Crippen LogP contribution in [0.1, 0.15) is 12.8 Å². The van der Waals surface area contributed by atoms with Crippen LogP contribution in [-0.4, -0.2) is 11.4 Å². The van der Waals surface area contributed by atoms with E-state index in [2.05, 4.69) is 0 Å². The molecule has 0 heterocycles. The zero-order chi connectivity index (χ0) is 7.56. The number of rotatable bonds is 1. The Balaban J connectivity index is 2.94. The standard InChI is InChI=1S/C7H9NO2/c8-7-5(3-9)1-2-6(7)4-10/h3-4,9H,1-2,8H2/b5-3+. The van der Waals surface area contributed by atoms with Gasteiger partial charge in [0.1, 0.15) is 6.29 Å². The van der Waals surface area contributed by atoms with E-state index in [9.17, 15) is 4.79 Å². The minimum Gasteiger partial charge on any atom is -0.515 e. The molecule has 0 bridgehead atoms. The van der Waals surface area contributed by atoms with Crippen molar-refractivity contribution < 1.29 is 9.90 Å². The van der Waals surface area contributed by atoms with Crippen molar-refractivity contribution in [1.82, 2.24) is 0 Å². The molecular formula is C7H9NO2. The lowest BCUT2D eigenvalue weighted by molar-refractivity contribution is -0.105. The summed E-state index contributed by atoms with van der Waals surface area (Å²) in [5.74, 6) is 0. The Kier molecular flexibility index (Phi) is 1.76. The fourth-order valence-corrected chi connectivity index (χ4v) is 1.00. The topological polar surface area (TPSA) is 63.3 Å². The predicted octanol–water partition coefficient (Wildman–Crippen LogP) is 0.634. The van der Waals surface area contributed by atoms with E-state index in [1.54, 1.807) is 0 Å². The summed E-state index contributed by atoms with van der Waals surface area (Å²) < 4.78 is 0. The van der Waals surface area contributed by atoms with Crippen molar-refractivity contribution in [1.29, 1.82) is 0 Å². The molecule has 0 unspecified atom stereocenters. The van der Waals surface area contributed by atoms with Crippen LogP contribution in [-0.2, 0) is 4.79 Å². The average molecular weight is 139 g/mol. The van der Waals surface area contributed by atoms with Gasteiger partial charge in [-0.1, -0.05) is 0 Å². The summed E-state index contributed by atoms with van der Waals surface area (Å²) in [4.78, 5) is 10.2. The number of hydrogen-bond acceptors (Lipinski definition) is 3. The predicted molar refractivity (Wildman–Crippen MR) is 37.2 cm³/mol. The first-order valence-electron chi connectivity index (χ1n) is 3.07. The van der Waals surface area contributed by atoms with Crippen LogP contribution in [0.3, 0.4) is 0 Å². The molecule has 0 aromatic heterocycles. The highest BCUT2D eigenvalue weighted by Crippen LogP contribution is 2.25. The van der Waals surface area contributed by atoms with Gasteiger partial charge < -0.3 is 10.8 Å². The first-order valence-corrected chi connectivity index (χ1v) is 3.07. The Morgan fingerprint density at radius 2 is 2.20 bits per heavy atom. The van der Waals surface area contributed by atoms with Crippen LogP contribution >= 0.6 is 0 Å². The van der Waals surface area contributed by atoms with E-state index in [4.69, 9.17) is 10.8 Å². The Labute approximate surface area is 58.8 Å². The van der Waals surface area contributed by atoms with Crippen molar-refractivity contribution in [3.05, 3.63) is 23.1 Å². The van der Waals surface area contributed by atoms with Crippen LogP contribution in [0, 0.1) is 0 Å². The zero-order valence-electron chi connectivity index (χ0n) is 5.50. The number of hydrogen-bond donors (Lipinski definition) is 2. The number of aliphatic hydroxyl groups is 1. The third kappa shape index (κ3) is 0.900. The van der Waals surface area contributed by atoms with Crippen LogP contribution in [0.15, 0.2) is 23.1 Å². The highest BCUT2D eigenvalue weighted by molar-refractivity contribution is 5.77. The van der Waals surface area contributed by atoms with Crippen molar-refractivity contribution in [2.45, 2.75) is 12.8 Å². The summed E-state index contributed by atoms with van der Waals surface area (Å²) >= 11 is 0. The van der Waals surface area contributed by atoms with Crippen LogP contribution in [0.4, 0.5) is 0 Å². The summed E-state index contributed by atoms with van der Waals surface area (Å²) in [7, 11) is 0. The third-order valence-electron chi connectivity index (χ3n) is 1.65. The third-order valence-corrected chi connectivity index (χ3v) is 1.65. The van der Waals surface area contributed by atoms with Crippen molar-refractivity contribution in [2.24, 2.45) is 5.73 Å². The monoisotopic (exact) mass is 139 g/mol. The Morgan fingerprint density at radius 3 is 2.50 bits per heavy atom. The van der Waals surface area contributed by atoms with E-state index in [1.807, 2.05) is 0 Å². The molecule has 1 aliphatic rings. The molecule has 3 nitrogen and oxygen atoms in total. The molecule has 0 saturated heterocycles. The molecule has 54 valence electrons. The van der Waals surface area contributed by atoms with Crippen LogP contribution < -0.4 is 5.73 Å². The maximum absolute atomic E-state index is 10.2. The normalized spacial score (nSPS) is 22.2. The van der Waals surface area contributed by atoms with E-state index < -0.39 is 0 Å².